The van der Waals surface area contributed by atoms with Gasteiger partial charge in [-0.3, -0.25) is 0 Å². The molecule has 2 aromatic rings. The summed E-state index contributed by atoms with van der Waals surface area (Å²) in [5.41, 5.74) is 1.79. The van der Waals surface area contributed by atoms with Crippen molar-refractivity contribution in [2.24, 2.45) is 0 Å². The molecule has 2 heterocycles. The number of aliphatic hydroxyl groups is 2. The van der Waals surface area contributed by atoms with Crippen molar-refractivity contribution >= 4 is 5.82 Å². The van der Waals surface area contributed by atoms with Crippen molar-refractivity contribution in [2.45, 2.75) is 19.1 Å². The van der Waals surface area contributed by atoms with Gasteiger partial charge in [-0.15, -0.1) is 0 Å². The van der Waals surface area contributed by atoms with E-state index in [1.54, 1.807) is 6.20 Å². The molecular formula is C15H17N3O2. The lowest BCUT2D eigenvalue weighted by Gasteiger charge is -2.16. The summed E-state index contributed by atoms with van der Waals surface area (Å²) < 4.78 is 0. The Morgan fingerprint density at radius 2 is 2.00 bits per heavy atom. The van der Waals surface area contributed by atoms with Crippen molar-refractivity contribution < 1.29 is 10.2 Å². The van der Waals surface area contributed by atoms with Gasteiger partial charge in [0.05, 0.1) is 12.7 Å². The smallest absolute Gasteiger partial charge is 0.161 e. The minimum atomic E-state index is -0.266. The van der Waals surface area contributed by atoms with E-state index in [0.29, 0.717) is 12.4 Å². The van der Waals surface area contributed by atoms with Crippen LogP contribution in [0.4, 0.5) is 5.82 Å². The average molecular weight is 271 g/mol. The maximum Gasteiger partial charge on any atom is 0.161 e. The van der Waals surface area contributed by atoms with Gasteiger partial charge in [0.2, 0.25) is 0 Å². The number of β-amino-alcohol motifs (C(OH)–C–C–N with tert-alkyl or cyclic N) is 1. The molecule has 0 amide bonds. The summed E-state index contributed by atoms with van der Waals surface area (Å²) >= 11 is 0. The van der Waals surface area contributed by atoms with Gasteiger partial charge in [-0.05, 0) is 18.1 Å². The molecule has 1 aromatic carbocycles. The largest absolute Gasteiger partial charge is 0.392 e. The third-order valence-electron chi connectivity index (χ3n) is 3.52. The maximum atomic E-state index is 9.60. The summed E-state index contributed by atoms with van der Waals surface area (Å²) in [5, 5.41) is 18.6. The van der Waals surface area contributed by atoms with Crippen molar-refractivity contribution in [1.29, 1.82) is 0 Å². The van der Waals surface area contributed by atoms with Crippen LogP contribution in [0.3, 0.4) is 0 Å². The molecule has 104 valence electrons. The number of aliphatic hydroxyl groups excluding tert-OH is 2. The minimum Gasteiger partial charge on any atom is -0.392 e. The van der Waals surface area contributed by atoms with E-state index in [-0.39, 0.29) is 12.7 Å². The van der Waals surface area contributed by atoms with Gasteiger partial charge in [0.1, 0.15) is 5.82 Å². The highest BCUT2D eigenvalue weighted by atomic mass is 16.3. The van der Waals surface area contributed by atoms with Gasteiger partial charge in [-0.25, -0.2) is 9.97 Å². The zero-order valence-corrected chi connectivity index (χ0v) is 11.1. The zero-order chi connectivity index (χ0) is 13.9. The van der Waals surface area contributed by atoms with Gasteiger partial charge in [-0.1, -0.05) is 24.3 Å². The van der Waals surface area contributed by atoms with Crippen LogP contribution in [0.2, 0.25) is 0 Å². The third-order valence-corrected chi connectivity index (χ3v) is 3.52. The van der Waals surface area contributed by atoms with Crippen LogP contribution in [-0.2, 0) is 6.61 Å². The molecule has 1 aliphatic rings. The fourth-order valence-electron chi connectivity index (χ4n) is 2.37. The summed E-state index contributed by atoms with van der Waals surface area (Å²) in [6.07, 6.45) is 2.25. The molecule has 0 spiro atoms. The number of nitrogens with zero attached hydrogens (tertiary/aromatic N) is 3. The zero-order valence-electron chi connectivity index (χ0n) is 11.1. The standard InChI is InChI=1S/C15H17N3O2/c19-10-11-1-3-12(4-2-11)15-16-7-5-14(17-15)18-8-6-13(20)9-18/h1-5,7,13,19-20H,6,8-10H2/t13-/m1/s1. The fourth-order valence-corrected chi connectivity index (χ4v) is 2.37. The molecule has 3 rings (SSSR count). The third kappa shape index (κ3) is 2.64. The summed E-state index contributed by atoms with van der Waals surface area (Å²) in [5.74, 6) is 1.51. The van der Waals surface area contributed by atoms with Crippen molar-refractivity contribution in [3.05, 3.63) is 42.1 Å². The van der Waals surface area contributed by atoms with E-state index in [9.17, 15) is 5.11 Å². The first-order chi connectivity index (χ1) is 9.76. The second kappa shape index (κ2) is 5.56. The summed E-state index contributed by atoms with van der Waals surface area (Å²) in [6.45, 7) is 1.48. The second-order valence-electron chi connectivity index (χ2n) is 4.98. The molecule has 1 fully saturated rings. The maximum absolute atomic E-state index is 9.60. The Kier molecular flexibility index (Phi) is 3.62. The molecule has 5 heteroatoms. The van der Waals surface area contributed by atoms with E-state index in [1.165, 1.54) is 0 Å². The van der Waals surface area contributed by atoms with E-state index in [2.05, 4.69) is 14.9 Å². The monoisotopic (exact) mass is 271 g/mol. The number of hydrogen-bond acceptors (Lipinski definition) is 5. The Balaban J connectivity index is 1.86. The molecular weight excluding hydrogens is 254 g/mol. The number of hydrogen-bond donors (Lipinski definition) is 2. The van der Waals surface area contributed by atoms with Crippen molar-refractivity contribution in [3.8, 4) is 11.4 Å². The van der Waals surface area contributed by atoms with Gasteiger partial charge in [0.25, 0.3) is 0 Å². The summed E-state index contributed by atoms with van der Waals surface area (Å²) in [4.78, 5) is 10.9. The normalized spacial score (nSPS) is 18.5. The predicted molar refractivity (Wildman–Crippen MR) is 76.2 cm³/mol. The second-order valence-corrected chi connectivity index (χ2v) is 4.98. The molecule has 0 aliphatic carbocycles. The van der Waals surface area contributed by atoms with Crippen molar-refractivity contribution in [3.63, 3.8) is 0 Å². The molecule has 1 atom stereocenters. The molecule has 0 radical (unpaired) electrons. The van der Waals surface area contributed by atoms with Crippen LogP contribution in [0.25, 0.3) is 11.4 Å². The lowest BCUT2D eigenvalue weighted by atomic mass is 10.1. The number of aromatic nitrogens is 2. The molecule has 0 unspecified atom stereocenters. The van der Waals surface area contributed by atoms with Crippen LogP contribution in [0, 0.1) is 0 Å². The first-order valence-electron chi connectivity index (χ1n) is 6.72. The molecule has 2 N–H and O–H groups in total. The van der Waals surface area contributed by atoms with Crippen LogP contribution < -0.4 is 4.90 Å². The van der Waals surface area contributed by atoms with Crippen LogP contribution in [0.15, 0.2) is 36.5 Å². The molecule has 1 aromatic heterocycles. The Labute approximate surface area is 117 Å². The average Bonchev–Trinajstić information content (AvgIpc) is 2.94. The molecule has 0 saturated carbocycles. The lowest BCUT2D eigenvalue weighted by molar-refractivity contribution is 0.198. The highest BCUT2D eigenvalue weighted by Crippen LogP contribution is 2.21. The molecule has 5 nitrogen and oxygen atoms in total. The van der Waals surface area contributed by atoms with Gasteiger partial charge >= 0.3 is 0 Å². The van der Waals surface area contributed by atoms with E-state index in [4.69, 9.17) is 5.11 Å². The van der Waals surface area contributed by atoms with Crippen LogP contribution in [0.1, 0.15) is 12.0 Å². The number of anilines is 1. The molecule has 20 heavy (non-hydrogen) atoms. The lowest BCUT2D eigenvalue weighted by Crippen LogP contribution is -2.22. The predicted octanol–water partition coefficient (Wildman–Crippen LogP) is 1.21. The minimum absolute atomic E-state index is 0.0346. The highest BCUT2D eigenvalue weighted by Gasteiger charge is 2.21. The van der Waals surface area contributed by atoms with Crippen molar-refractivity contribution in [2.75, 3.05) is 18.0 Å². The molecule has 0 bridgehead atoms. The highest BCUT2D eigenvalue weighted by molar-refractivity contribution is 5.57. The van der Waals surface area contributed by atoms with Crippen molar-refractivity contribution in [1.82, 2.24) is 9.97 Å². The van der Waals surface area contributed by atoms with E-state index >= 15 is 0 Å². The van der Waals surface area contributed by atoms with E-state index in [0.717, 1.165) is 29.9 Å². The van der Waals surface area contributed by atoms with Crippen LogP contribution >= 0.6 is 0 Å². The Morgan fingerprint density at radius 3 is 2.65 bits per heavy atom. The SMILES string of the molecule is OCc1ccc(-c2nccc(N3CC[C@@H](O)C3)n2)cc1. The van der Waals surface area contributed by atoms with Crippen LogP contribution in [0.5, 0.6) is 0 Å². The fraction of sp³-hybridized carbons (Fsp3) is 0.333. The Morgan fingerprint density at radius 1 is 1.20 bits per heavy atom. The number of benzene rings is 1. The quantitative estimate of drug-likeness (QED) is 0.878. The number of rotatable bonds is 3. The van der Waals surface area contributed by atoms with Gasteiger partial charge in [0, 0.05) is 24.8 Å². The Bertz CT molecular complexity index is 586. The Hall–Kier alpha value is -1.98. The summed E-state index contributed by atoms with van der Waals surface area (Å²) in [7, 11) is 0. The van der Waals surface area contributed by atoms with E-state index < -0.39 is 0 Å². The molecule has 1 saturated heterocycles. The molecule has 1 aliphatic heterocycles. The first kappa shape index (κ1) is 13.0. The van der Waals surface area contributed by atoms with Crippen LogP contribution in [-0.4, -0.2) is 39.4 Å². The summed E-state index contributed by atoms with van der Waals surface area (Å²) in [6, 6.07) is 9.41. The van der Waals surface area contributed by atoms with Gasteiger partial charge in [-0.2, -0.15) is 0 Å². The van der Waals surface area contributed by atoms with Gasteiger partial charge < -0.3 is 15.1 Å². The van der Waals surface area contributed by atoms with Gasteiger partial charge in [0.15, 0.2) is 5.82 Å². The van der Waals surface area contributed by atoms with E-state index in [1.807, 2.05) is 30.3 Å². The topological polar surface area (TPSA) is 69.5 Å². The first-order valence-corrected chi connectivity index (χ1v) is 6.72.